The molecule has 0 aliphatic rings. The topological polar surface area (TPSA) is 104 Å². The average molecular weight is 284 g/mol. The molecule has 0 fully saturated rings. The first-order valence-corrected chi connectivity index (χ1v) is 6.78. The van der Waals surface area contributed by atoms with Crippen molar-refractivity contribution in [2.75, 3.05) is 5.75 Å². The molecule has 1 aromatic rings. The molecule has 0 aromatic carbocycles. The fourth-order valence-corrected chi connectivity index (χ4v) is 1.73. The van der Waals surface area contributed by atoms with Crippen molar-refractivity contribution in [2.45, 2.75) is 31.5 Å². The molecule has 104 valence electrons. The van der Waals surface area contributed by atoms with Gasteiger partial charge < -0.3 is 10.3 Å². The van der Waals surface area contributed by atoms with E-state index < -0.39 is 11.9 Å². The summed E-state index contributed by atoms with van der Waals surface area (Å²) in [5, 5.41) is 5.15. The van der Waals surface area contributed by atoms with Crippen molar-refractivity contribution < 1.29 is 9.59 Å². The zero-order valence-electron chi connectivity index (χ0n) is 10.7. The number of rotatable bonds is 5. The van der Waals surface area contributed by atoms with E-state index in [2.05, 4.69) is 20.6 Å². The number of aromatic nitrogens is 2. The average Bonchev–Trinajstić information content (AvgIpc) is 2.36. The van der Waals surface area contributed by atoms with Crippen LogP contribution in [-0.4, -0.2) is 33.7 Å². The van der Waals surface area contributed by atoms with Crippen LogP contribution in [0.3, 0.4) is 0 Å². The first-order chi connectivity index (χ1) is 9.01. The highest BCUT2D eigenvalue weighted by atomic mass is 32.2. The number of carbonyl (C=O) groups excluding carboxylic acids is 2. The highest BCUT2D eigenvalue weighted by Crippen LogP contribution is 2.08. The van der Waals surface area contributed by atoms with Crippen molar-refractivity contribution in [1.29, 1.82) is 0 Å². The number of H-pyrrole nitrogens is 1. The minimum atomic E-state index is -0.519. The van der Waals surface area contributed by atoms with Crippen LogP contribution in [0.4, 0.5) is 4.79 Å². The Hall–Kier alpha value is -1.83. The maximum atomic E-state index is 11.5. The van der Waals surface area contributed by atoms with E-state index in [1.165, 1.54) is 12.3 Å². The van der Waals surface area contributed by atoms with Crippen LogP contribution in [0, 0.1) is 0 Å². The summed E-state index contributed by atoms with van der Waals surface area (Å²) in [6.45, 7) is 3.78. The monoisotopic (exact) mass is 284 g/mol. The molecule has 3 N–H and O–H groups in total. The number of aromatic amines is 1. The molecule has 0 unspecified atom stereocenters. The molecule has 0 spiro atoms. The summed E-state index contributed by atoms with van der Waals surface area (Å²) >= 11 is 1.05. The van der Waals surface area contributed by atoms with Crippen LogP contribution >= 0.6 is 11.8 Å². The summed E-state index contributed by atoms with van der Waals surface area (Å²) in [4.78, 5) is 40.2. The van der Waals surface area contributed by atoms with Gasteiger partial charge in [-0.25, -0.2) is 9.78 Å². The Morgan fingerprint density at radius 2 is 2.26 bits per heavy atom. The predicted molar refractivity (Wildman–Crippen MR) is 72.0 cm³/mol. The zero-order chi connectivity index (χ0) is 14.3. The molecule has 1 heterocycles. The molecule has 7 nitrogen and oxygen atoms in total. The Morgan fingerprint density at radius 3 is 2.89 bits per heavy atom. The number of urea groups is 1. The van der Waals surface area contributed by atoms with Gasteiger partial charge in [0.25, 0.3) is 5.56 Å². The quantitative estimate of drug-likeness (QED) is 0.539. The summed E-state index contributed by atoms with van der Waals surface area (Å²) in [5.74, 6) is -0.446. The Kier molecular flexibility index (Phi) is 6.07. The van der Waals surface area contributed by atoms with Gasteiger partial charge in [0, 0.05) is 18.3 Å². The zero-order valence-corrected chi connectivity index (χ0v) is 11.5. The van der Waals surface area contributed by atoms with Crippen LogP contribution in [0.15, 0.2) is 22.2 Å². The van der Waals surface area contributed by atoms with Gasteiger partial charge in [0.05, 0.1) is 5.75 Å². The minimum absolute atomic E-state index is 0.000872. The van der Waals surface area contributed by atoms with E-state index in [-0.39, 0.29) is 17.4 Å². The molecular formula is C11H16N4O3S. The molecule has 1 atom stereocenters. The highest BCUT2D eigenvalue weighted by molar-refractivity contribution is 7.99. The number of carbonyl (C=O) groups is 2. The van der Waals surface area contributed by atoms with Crippen molar-refractivity contribution in [3.8, 4) is 0 Å². The van der Waals surface area contributed by atoms with E-state index >= 15 is 0 Å². The van der Waals surface area contributed by atoms with Crippen molar-refractivity contribution in [3.63, 3.8) is 0 Å². The van der Waals surface area contributed by atoms with E-state index in [1.54, 1.807) is 0 Å². The standard InChI is InChI=1S/C11H16N4O3S/c1-3-7(2)13-10(18)14-9(17)6-19-11-12-5-4-8(16)15-11/h4-5,7H,3,6H2,1-2H3,(H,12,15,16)(H2,13,14,17,18)/t7-/m1/s1. The molecule has 8 heteroatoms. The van der Waals surface area contributed by atoms with Crippen LogP contribution in [0.1, 0.15) is 20.3 Å². The lowest BCUT2D eigenvalue weighted by Gasteiger charge is -2.11. The van der Waals surface area contributed by atoms with Gasteiger partial charge in [0.2, 0.25) is 5.91 Å². The summed E-state index contributed by atoms with van der Waals surface area (Å²) in [6, 6.07) is 0.769. The number of hydrogen-bond donors (Lipinski definition) is 3. The third-order valence-corrected chi connectivity index (χ3v) is 3.12. The Balaban J connectivity index is 2.36. The van der Waals surface area contributed by atoms with Crippen LogP contribution in [0.2, 0.25) is 0 Å². The molecule has 0 radical (unpaired) electrons. The first-order valence-electron chi connectivity index (χ1n) is 5.79. The van der Waals surface area contributed by atoms with Crippen LogP contribution in [0.5, 0.6) is 0 Å². The maximum Gasteiger partial charge on any atom is 0.321 e. The van der Waals surface area contributed by atoms with E-state index in [4.69, 9.17) is 0 Å². The predicted octanol–water partition coefficient (Wildman–Crippen LogP) is 0.486. The smallest absolute Gasteiger partial charge is 0.321 e. The molecular weight excluding hydrogens is 268 g/mol. The van der Waals surface area contributed by atoms with Gasteiger partial charge in [0.1, 0.15) is 0 Å². The number of nitrogens with zero attached hydrogens (tertiary/aromatic N) is 1. The number of imide groups is 1. The van der Waals surface area contributed by atoms with Gasteiger partial charge in [-0.3, -0.25) is 14.9 Å². The molecule has 0 saturated carbocycles. The number of amides is 3. The fourth-order valence-electron chi connectivity index (χ4n) is 1.08. The van der Waals surface area contributed by atoms with E-state index in [9.17, 15) is 14.4 Å². The molecule has 0 saturated heterocycles. The molecule has 1 aromatic heterocycles. The Bertz CT molecular complexity index is 503. The van der Waals surface area contributed by atoms with Crippen LogP contribution < -0.4 is 16.2 Å². The molecule has 0 aliphatic heterocycles. The lowest BCUT2D eigenvalue weighted by atomic mass is 10.3. The maximum absolute atomic E-state index is 11.5. The summed E-state index contributed by atoms with van der Waals surface area (Å²) in [6.07, 6.45) is 2.14. The largest absolute Gasteiger partial charge is 0.335 e. The third kappa shape index (κ3) is 6.05. The van der Waals surface area contributed by atoms with Gasteiger partial charge in [-0.1, -0.05) is 18.7 Å². The molecule has 19 heavy (non-hydrogen) atoms. The van der Waals surface area contributed by atoms with Gasteiger partial charge >= 0.3 is 6.03 Å². The first kappa shape index (κ1) is 15.2. The SMILES string of the molecule is CC[C@@H](C)NC(=O)NC(=O)CSc1nccc(=O)[nH]1. The second-order valence-corrected chi connectivity index (χ2v) is 4.82. The molecule has 1 rings (SSSR count). The van der Waals surface area contributed by atoms with Gasteiger partial charge in [0.15, 0.2) is 5.16 Å². The minimum Gasteiger partial charge on any atom is -0.335 e. The third-order valence-electron chi connectivity index (χ3n) is 2.23. The van der Waals surface area contributed by atoms with E-state index in [0.717, 1.165) is 18.2 Å². The van der Waals surface area contributed by atoms with E-state index in [1.807, 2.05) is 13.8 Å². The van der Waals surface area contributed by atoms with Crippen molar-refractivity contribution in [3.05, 3.63) is 22.6 Å². The van der Waals surface area contributed by atoms with Gasteiger partial charge in [-0.2, -0.15) is 0 Å². The fraction of sp³-hybridized carbons (Fsp3) is 0.455. The molecule has 3 amide bonds. The lowest BCUT2D eigenvalue weighted by molar-refractivity contribution is -0.117. The van der Waals surface area contributed by atoms with Gasteiger partial charge in [-0.05, 0) is 13.3 Å². The van der Waals surface area contributed by atoms with Crippen molar-refractivity contribution >= 4 is 23.7 Å². The summed E-state index contributed by atoms with van der Waals surface area (Å²) < 4.78 is 0. The number of thioether (sulfide) groups is 1. The van der Waals surface area contributed by atoms with Crippen molar-refractivity contribution in [1.82, 2.24) is 20.6 Å². The highest BCUT2D eigenvalue weighted by Gasteiger charge is 2.10. The Labute approximate surface area is 114 Å². The second kappa shape index (κ2) is 7.57. The summed E-state index contributed by atoms with van der Waals surface area (Å²) in [7, 11) is 0. The Morgan fingerprint density at radius 1 is 1.53 bits per heavy atom. The van der Waals surface area contributed by atoms with E-state index in [0.29, 0.717) is 5.16 Å². The number of hydrogen-bond acceptors (Lipinski definition) is 5. The summed E-state index contributed by atoms with van der Waals surface area (Å²) in [5.41, 5.74) is -0.285. The van der Waals surface area contributed by atoms with Crippen LogP contribution in [-0.2, 0) is 4.79 Å². The van der Waals surface area contributed by atoms with Crippen LogP contribution in [0.25, 0.3) is 0 Å². The van der Waals surface area contributed by atoms with Gasteiger partial charge in [-0.15, -0.1) is 0 Å². The van der Waals surface area contributed by atoms with Crippen molar-refractivity contribution in [2.24, 2.45) is 0 Å². The number of nitrogens with one attached hydrogen (secondary N) is 3. The second-order valence-electron chi connectivity index (χ2n) is 3.86. The molecule has 0 aliphatic carbocycles. The lowest BCUT2D eigenvalue weighted by Crippen LogP contribution is -2.43. The normalized spacial score (nSPS) is 11.7. The molecule has 0 bridgehead atoms.